The molecular formula is C15H16N4OS. The molecule has 3 aromatic heterocycles. The average molecular weight is 300 g/mol. The van der Waals surface area contributed by atoms with E-state index in [9.17, 15) is 0 Å². The lowest BCUT2D eigenvalue weighted by atomic mass is 10.1. The Morgan fingerprint density at radius 2 is 1.95 bits per heavy atom. The van der Waals surface area contributed by atoms with E-state index >= 15 is 0 Å². The molecule has 0 unspecified atom stereocenters. The van der Waals surface area contributed by atoms with Gasteiger partial charge in [0, 0.05) is 11.1 Å². The summed E-state index contributed by atoms with van der Waals surface area (Å²) in [6.45, 7) is 8.03. The number of nitrogens with zero attached hydrogens (tertiary/aromatic N) is 3. The third-order valence-corrected chi connectivity index (χ3v) is 4.52. The Labute approximate surface area is 126 Å². The summed E-state index contributed by atoms with van der Waals surface area (Å²) in [5.74, 6) is 0.941. The summed E-state index contributed by atoms with van der Waals surface area (Å²) < 4.78 is 5.39. The van der Waals surface area contributed by atoms with Crippen LogP contribution in [-0.4, -0.2) is 15.1 Å². The predicted molar refractivity (Wildman–Crippen MR) is 84.2 cm³/mol. The Kier molecular flexibility index (Phi) is 3.25. The molecule has 0 atom stereocenters. The maximum Gasteiger partial charge on any atom is 0.261 e. The third-order valence-electron chi connectivity index (χ3n) is 3.48. The van der Waals surface area contributed by atoms with Crippen LogP contribution in [0.2, 0.25) is 0 Å². The first kappa shape index (κ1) is 13.8. The molecule has 0 saturated carbocycles. The van der Waals surface area contributed by atoms with Gasteiger partial charge in [0.05, 0.1) is 10.6 Å². The van der Waals surface area contributed by atoms with Crippen LogP contribution in [0.1, 0.15) is 21.6 Å². The van der Waals surface area contributed by atoms with E-state index in [-0.39, 0.29) is 0 Å². The molecule has 21 heavy (non-hydrogen) atoms. The fourth-order valence-corrected chi connectivity index (χ4v) is 3.22. The van der Waals surface area contributed by atoms with E-state index in [1.54, 1.807) is 6.20 Å². The number of rotatable bonds is 2. The maximum atomic E-state index is 6.05. The summed E-state index contributed by atoms with van der Waals surface area (Å²) in [5.41, 5.74) is 10.8. The van der Waals surface area contributed by atoms with Crippen molar-refractivity contribution >= 4 is 16.3 Å². The number of anilines is 1. The molecule has 0 aliphatic carbocycles. The molecule has 108 valence electrons. The molecule has 3 rings (SSSR count). The zero-order valence-corrected chi connectivity index (χ0v) is 13.2. The molecule has 0 spiro atoms. The monoisotopic (exact) mass is 300 g/mol. The molecule has 0 aromatic carbocycles. The van der Waals surface area contributed by atoms with Crippen molar-refractivity contribution in [3.8, 4) is 23.0 Å². The third kappa shape index (κ3) is 2.31. The molecule has 0 aliphatic rings. The van der Waals surface area contributed by atoms with Crippen molar-refractivity contribution in [2.75, 3.05) is 5.73 Å². The molecule has 3 heterocycles. The summed E-state index contributed by atoms with van der Waals surface area (Å²) in [5, 5.41) is 4.75. The zero-order chi connectivity index (χ0) is 15.1. The smallest absolute Gasteiger partial charge is 0.261 e. The Hall–Kier alpha value is -2.21. The fraction of sp³-hybridized carbons (Fsp3) is 0.267. The van der Waals surface area contributed by atoms with Crippen molar-refractivity contribution in [2.45, 2.75) is 27.7 Å². The number of nitrogens with two attached hydrogens (primary N) is 1. The molecular weight excluding hydrogens is 284 g/mol. The number of hydrogen-bond donors (Lipinski definition) is 1. The van der Waals surface area contributed by atoms with Gasteiger partial charge in [0.1, 0.15) is 5.69 Å². The molecule has 6 heteroatoms. The van der Waals surface area contributed by atoms with Crippen LogP contribution in [-0.2, 0) is 0 Å². The highest BCUT2D eigenvalue weighted by molar-refractivity contribution is 7.16. The van der Waals surface area contributed by atoms with Crippen LogP contribution in [0.5, 0.6) is 0 Å². The number of aromatic nitrogens is 3. The average Bonchev–Trinajstić information content (AvgIpc) is 2.96. The lowest BCUT2D eigenvalue weighted by molar-refractivity contribution is 0.432. The molecule has 3 aromatic rings. The van der Waals surface area contributed by atoms with Crippen LogP contribution in [0.25, 0.3) is 23.0 Å². The van der Waals surface area contributed by atoms with E-state index in [4.69, 9.17) is 10.3 Å². The zero-order valence-electron chi connectivity index (χ0n) is 12.4. The Bertz CT molecular complexity index is 819. The highest BCUT2D eigenvalue weighted by atomic mass is 32.1. The number of nitrogen functional groups attached to an aromatic ring is 1. The van der Waals surface area contributed by atoms with Gasteiger partial charge in [-0.15, -0.1) is 11.3 Å². The van der Waals surface area contributed by atoms with Gasteiger partial charge in [0.25, 0.3) is 5.89 Å². The molecule has 0 amide bonds. The minimum absolute atomic E-state index is 0.450. The van der Waals surface area contributed by atoms with E-state index in [2.05, 4.69) is 15.1 Å². The van der Waals surface area contributed by atoms with Gasteiger partial charge in [-0.05, 0) is 44.4 Å². The van der Waals surface area contributed by atoms with Gasteiger partial charge < -0.3 is 10.3 Å². The van der Waals surface area contributed by atoms with Crippen molar-refractivity contribution in [3.63, 3.8) is 0 Å². The molecule has 0 saturated heterocycles. The largest absolute Gasteiger partial charge is 0.390 e. The number of pyridine rings is 1. The molecule has 0 bridgehead atoms. The van der Waals surface area contributed by atoms with Gasteiger partial charge in [-0.1, -0.05) is 11.2 Å². The number of aryl methyl sites for hydroxylation is 3. The van der Waals surface area contributed by atoms with Gasteiger partial charge in [-0.25, -0.2) is 0 Å². The lowest BCUT2D eigenvalue weighted by Gasteiger charge is -2.00. The summed E-state index contributed by atoms with van der Waals surface area (Å²) in [6.07, 6.45) is 1.80. The number of hydrogen-bond acceptors (Lipinski definition) is 6. The van der Waals surface area contributed by atoms with Crippen LogP contribution >= 0.6 is 11.3 Å². The Balaban J connectivity index is 2.08. The number of thiophene rings is 1. The summed E-state index contributed by atoms with van der Waals surface area (Å²) >= 11 is 1.54. The highest BCUT2D eigenvalue weighted by Gasteiger charge is 2.20. The minimum atomic E-state index is 0.450. The SMILES string of the molecule is Cc1cnc(-c2noc(-c3c(N)sc(C)c3C)n2)c(C)c1. The summed E-state index contributed by atoms with van der Waals surface area (Å²) in [6, 6.07) is 2.05. The van der Waals surface area contributed by atoms with E-state index in [1.165, 1.54) is 11.3 Å². The van der Waals surface area contributed by atoms with Gasteiger partial charge >= 0.3 is 0 Å². The second kappa shape index (κ2) is 4.96. The van der Waals surface area contributed by atoms with Crippen LogP contribution < -0.4 is 5.73 Å². The summed E-state index contributed by atoms with van der Waals surface area (Å²) in [7, 11) is 0. The van der Waals surface area contributed by atoms with E-state index in [0.717, 1.165) is 32.8 Å². The second-order valence-electron chi connectivity index (χ2n) is 5.12. The van der Waals surface area contributed by atoms with Crippen molar-refractivity contribution in [2.24, 2.45) is 0 Å². The maximum absolute atomic E-state index is 6.05. The van der Waals surface area contributed by atoms with Crippen LogP contribution in [0.15, 0.2) is 16.8 Å². The van der Waals surface area contributed by atoms with Crippen molar-refractivity contribution in [1.29, 1.82) is 0 Å². The molecule has 5 nitrogen and oxygen atoms in total. The Morgan fingerprint density at radius 3 is 2.57 bits per heavy atom. The van der Waals surface area contributed by atoms with E-state index in [1.807, 2.05) is 33.8 Å². The van der Waals surface area contributed by atoms with Crippen LogP contribution in [0.3, 0.4) is 0 Å². The normalized spacial score (nSPS) is 11.0. The van der Waals surface area contributed by atoms with Gasteiger partial charge in [-0.3, -0.25) is 4.98 Å². The van der Waals surface area contributed by atoms with Crippen molar-refractivity contribution < 1.29 is 4.52 Å². The quantitative estimate of drug-likeness (QED) is 0.781. The second-order valence-corrected chi connectivity index (χ2v) is 6.38. The van der Waals surface area contributed by atoms with Crippen LogP contribution in [0.4, 0.5) is 5.00 Å². The topological polar surface area (TPSA) is 77.8 Å². The molecule has 2 N–H and O–H groups in total. The van der Waals surface area contributed by atoms with E-state index < -0.39 is 0 Å². The molecule has 0 aliphatic heterocycles. The van der Waals surface area contributed by atoms with Gasteiger partial charge in [-0.2, -0.15) is 4.98 Å². The first-order chi connectivity index (χ1) is 9.97. The molecule has 0 radical (unpaired) electrons. The standard InChI is InChI=1S/C15H16N4OS/c1-7-5-8(2)12(17-6-7)14-18-15(20-19-14)11-9(3)10(4)21-13(11)16/h5-6H,16H2,1-4H3. The van der Waals surface area contributed by atoms with Crippen molar-refractivity contribution in [3.05, 3.63) is 33.8 Å². The van der Waals surface area contributed by atoms with Gasteiger partial charge in [0.2, 0.25) is 5.82 Å². The van der Waals surface area contributed by atoms with Crippen molar-refractivity contribution in [1.82, 2.24) is 15.1 Å². The summed E-state index contributed by atoms with van der Waals surface area (Å²) in [4.78, 5) is 10.0. The lowest BCUT2D eigenvalue weighted by Crippen LogP contribution is -1.91. The van der Waals surface area contributed by atoms with Crippen LogP contribution in [0, 0.1) is 27.7 Å². The first-order valence-electron chi connectivity index (χ1n) is 6.60. The Morgan fingerprint density at radius 1 is 1.19 bits per heavy atom. The highest BCUT2D eigenvalue weighted by Crippen LogP contribution is 2.37. The first-order valence-corrected chi connectivity index (χ1v) is 7.42. The van der Waals surface area contributed by atoms with E-state index in [0.29, 0.717) is 16.7 Å². The van der Waals surface area contributed by atoms with Gasteiger partial charge in [0.15, 0.2) is 0 Å². The fourth-order valence-electron chi connectivity index (χ4n) is 2.29. The molecule has 0 fully saturated rings. The predicted octanol–water partition coefficient (Wildman–Crippen LogP) is 3.68. The minimum Gasteiger partial charge on any atom is -0.390 e.